The van der Waals surface area contributed by atoms with Crippen molar-refractivity contribution in [3.63, 3.8) is 0 Å². The summed E-state index contributed by atoms with van der Waals surface area (Å²) in [7, 11) is 0. The molecule has 0 nitrogen and oxygen atoms in total. The second kappa shape index (κ2) is 19.7. The average molecular weight is 379 g/mol. The van der Waals surface area contributed by atoms with E-state index in [1.54, 1.807) is 23.3 Å². The maximum atomic E-state index is 2.40. The molecule has 0 amide bonds. The molecule has 0 unspecified atom stereocenters. The minimum atomic E-state index is 0. The molecular formula is C14H20Cl2SiZr-2. The molecule has 4 heteroatoms. The quantitative estimate of drug-likeness (QED) is 0.436. The maximum absolute atomic E-state index is 2.40. The van der Waals surface area contributed by atoms with Gasteiger partial charge in [-0.3, -0.25) is 0 Å². The van der Waals surface area contributed by atoms with Crippen LogP contribution in [-0.4, -0.2) is 5.43 Å². The minimum Gasteiger partial charge on any atom is -1.00 e. The standard InChI is InChI=1S/2C5H5.C4H10Si.2ClH.Zr/c2*1-2-4-5-3-1;1-3-4-5-2;;;/h2*1-5H;3-4H2,1-2H3;2*1H;/q2*-1;;;;+2/p-2. The van der Waals surface area contributed by atoms with Crippen LogP contribution in [0, 0.1) is 0 Å². The van der Waals surface area contributed by atoms with Gasteiger partial charge < -0.3 is 24.8 Å². The summed E-state index contributed by atoms with van der Waals surface area (Å²) in [6.45, 7) is 4.66. The first-order valence-electron chi connectivity index (χ1n) is 5.64. The van der Waals surface area contributed by atoms with E-state index in [2.05, 4.69) is 13.5 Å². The Hall–Kier alpha value is 0.380. The molecule has 0 aromatic heterocycles. The summed E-state index contributed by atoms with van der Waals surface area (Å²) in [5.41, 5.74) is 0.204. The number of halogens is 2. The van der Waals surface area contributed by atoms with Crippen LogP contribution in [0.3, 0.4) is 0 Å². The molecule has 0 fully saturated rings. The zero-order valence-corrected chi connectivity index (χ0v) is 15.9. The van der Waals surface area contributed by atoms with Gasteiger partial charge >= 0.3 is 54.7 Å². The monoisotopic (exact) mass is 376 g/mol. The van der Waals surface area contributed by atoms with E-state index in [0.29, 0.717) is 0 Å². The van der Waals surface area contributed by atoms with E-state index in [1.807, 2.05) is 60.7 Å². The first kappa shape index (κ1) is 23.5. The molecule has 2 rings (SSSR count). The molecule has 0 spiro atoms. The summed E-state index contributed by atoms with van der Waals surface area (Å²) in [4.78, 5) is 0. The smallest absolute Gasteiger partial charge is 0.172 e. The first-order valence-corrected chi connectivity index (χ1v) is 11.5. The fourth-order valence-corrected chi connectivity index (χ4v) is 3.61. The molecule has 18 heavy (non-hydrogen) atoms. The molecule has 0 aliphatic heterocycles. The Bertz CT molecular complexity index is 257. The van der Waals surface area contributed by atoms with Crippen molar-refractivity contribution < 1.29 is 48.1 Å². The van der Waals surface area contributed by atoms with Gasteiger partial charge in [0.05, 0.1) is 0 Å². The molecule has 0 heterocycles. The van der Waals surface area contributed by atoms with Crippen molar-refractivity contribution in [3.8, 4) is 0 Å². The first-order chi connectivity index (χ1) is 7.77. The van der Waals surface area contributed by atoms with Gasteiger partial charge in [-0.15, -0.1) is 0 Å². The van der Waals surface area contributed by atoms with Gasteiger partial charge in [0.2, 0.25) is 0 Å². The van der Waals surface area contributed by atoms with Crippen LogP contribution in [0.5, 0.6) is 0 Å². The molecular weight excluding hydrogens is 358 g/mol. The molecule has 0 bridgehead atoms. The van der Waals surface area contributed by atoms with Crippen LogP contribution in [0.4, 0.5) is 0 Å². The second-order valence-electron chi connectivity index (χ2n) is 3.45. The van der Waals surface area contributed by atoms with Crippen LogP contribution < -0.4 is 24.8 Å². The van der Waals surface area contributed by atoms with Gasteiger partial charge in [0.25, 0.3) is 0 Å². The van der Waals surface area contributed by atoms with Crippen molar-refractivity contribution in [2.45, 2.75) is 25.9 Å². The fourth-order valence-electron chi connectivity index (χ4n) is 1.02. The normalized spacial score (nSPS) is 7.33. The van der Waals surface area contributed by atoms with Gasteiger partial charge in [-0.25, -0.2) is 24.3 Å². The zero-order chi connectivity index (χ0) is 12.1. The van der Waals surface area contributed by atoms with Gasteiger partial charge in [0, 0.05) is 0 Å². The molecule has 0 saturated heterocycles. The number of hydrogen-bond acceptors (Lipinski definition) is 0. The third-order valence-corrected chi connectivity index (χ3v) is 4.83. The summed E-state index contributed by atoms with van der Waals surface area (Å²) in [5.74, 6) is 0. The van der Waals surface area contributed by atoms with E-state index in [4.69, 9.17) is 0 Å². The van der Waals surface area contributed by atoms with Crippen LogP contribution in [0.1, 0.15) is 13.3 Å². The van der Waals surface area contributed by atoms with E-state index < -0.39 is 0 Å². The molecule has 0 atom stereocenters. The minimum absolute atomic E-state index is 0. The Kier molecular flexibility index (Phi) is 25.7. The maximum Gasteiger partial charge on any atom is -0.172 e. The predicted molar refractivity (Wildman–Crippen MR) is 70.8 cm³/mol. The van der Waals surface area contributed by atoms with Gasteiger partial charge in [-0.05, 0) is 0 Å². The summed E-state index contributed by atoms with van der Waals surface area (Å²) < 4.78 is 0. The number of rotatable bonds is 2. The summed E-state index contributed by atoms with van der Waals surface area (Å²) in [6.07, 6.45) is 1.40. The average Bonchev–Trinajstić information content (AvgIpc) is 2.98. The molecule has 0 N–H and O–H groups in total. The van der Waals surface area contributed by atoms with Crippen molar-refractivity contribution in [1.29, 1.82) is 0 Å². The Morgan fingerprint density at radius 1 is 0.889 bits per heavy atom. The Morgan fingerprint density at radius 2 is 1.22 bits per heavy atom. The second-order valence-corrected chi connectivity index (χ2v) is 11.8. The molecule has 0 aliphatic carbocycles. The van der Waals surface area contributed by atoms with Gasteiger partial charge in [-0.1, -0.05) is 0 Å². The molecule has 0 saturated carbocycles. The van der Waals surface area contributed by atoms with Crippen LogP contribution in [0.15, 0.2) is 60.7 Å². The summed E-state index contributed by atoms with van der Waals surface area (Å²) >= 11 is 1.79. The largest absolute Gasteiger partial charge is 1.00 e. The van der Waals surface area contributed by atoms with Crippen LogP contribution in [0.2, 0.25) is 12.6 Å². The van der Waals surface area contributed by atoms with Crippen molar-refractivity contribution in [2.24, 2.45) is 0 Å². The van der Waals surface area contributed by atoms with Crippen LogP contribution in [-0.2, 0) is 23.3 Å². The SMILES string of the molecule is CCC[Si](C)=[Zr+2].[Cl-].[Cl-].c1cc[cH-]c1.c1cc[cH-]c1. The van der Waals surface area contributed by atoms with Gasteiger partial charge in [0.1, 0.15) is 0 Å². The van der Waals surface area contributed by atoms with Crippen LogP contribution in [0.25, 0.3) is 0 Å². The third kappa shape index (κ3) is 21.6. The van der Waals surface area contributed by atoms with E-state index in [9.17, 15) is 0 Å². The van der Waals surface area contributed by atoms with E-state index in [1.165, 1.54) is 12.5 Å². The van der Waals surface area contributed by atoms with E-state index >= 15 is 0 Å². The third-order valence-electron chi connectivity index (χ3n) is 1.74. The summed E-state index contributed by atoms with van der Waals surface area (Å²) in [6, 6.07) is 21.5. The number of hydrogen-bond donors (Lipinski definition) is 0. The van der Waals surface area contributed by atoms with Gasteiger partial charge in [-0.2, -0.15) is 36.4 Å². The van der Waals surface area contributed by atoms with E-state index in [0.717, 1.165) is 0 Å². The Balaban J connectivity index is -0.000000178. The molecule has 0 aliphatic rings. The molecule has 0 radical (unpaired) electrons. The molecule has 2 aromatic carbocycles. The van der Waals surface area contributed by atoms with Crippen LogP contribution >= 0.6 is 0 Å². The topological polar surface area (TPSA) is 0 Å². The van der Waals surface area contributed by atoms with E-state index in [-0.39, 0.29) is 30.2 Å². The van der Waals surface area contributed by atoms with Crippen molar-refractivity contribution in [3.05, 3.63) is 60.7 Å². The molecule has 100 valence electrons. The Labute approximate surface area is 139 Å². The zero-order valence-electron chi connectivity index (χ0n) is 10.9. The van der Waals surface area contributed by atoms with Crippen molar-refractivity contribution in [1.82, 2.24) is 0 Å². The Morgan fingerprint density at radius 3 is 1.28 bits per heavy atom. The van der Waals surface area contributed by atoms with Crippen molar-refractivity contribution >= 4 is 5.43 Å². The van der Waals surface area contributed by atoms with Gasteiger partial charge in [0.15, 0.2) is 0 Å². The summed E-state index contributed by atoms with van der Waals surface area (Å²) in [5, 5.41) is 0. The molecule has 2 aromatic rings. The predicted octanol–water partition coefficient (Wildman–Crippen LogP) is -1.62. The fraction of sp³-hybridized carbons (Fsp3) is 0.286. The van der Waals surface area contributed by atoms with Crippen molar-refractivity contribution in [2.75, 3.05) is 0 Å².